The number of rotatable bonds is 4. The summed E-state index contributed by atoms with van der Waals surface area (Å²) < 4.78 is 58.2. The van der Waals surface area contributed by atoms with Crippen LogP contribution in [-0.2, 0) is 42.7 Å². The van der Waals surface area contributed by atoms with Crippen LogP contribution >= 0.6 is 0 Å². The van der Waals surface area contributed by atoms with Gasteiger partial charge in [-0.3, -0.25) is 14.6 Å². The number of fused-ring (bicyclic) bond motifs is 8. The summed E-state index contributed by atoms with van der Waals surface area (Å²) >= 11 is 0. The highest BCUT2D eigenvalue weighted by molar-refractivity contribution is 7.89. The van der Waals surface area contributed by atoms with Crippen LogP contribution in [0.15, 0.2) is 76.5 Å². The van der Waals surface area contributed by atoms with Crippen molar-refractivity contribution < 1.29 is 26.4 Å². The molecule has 44 heavy (non-hydrogen) atoms. The Morgan fingerprint density at radius 2 is 0.932 bits per heavy atom. The van der Waals surface area contributed by atoms with Crippen molar-refractivity contribution in [3.63, 3.8) is 0 Å². The highest BCUT2D eigenvalue weighted by atomic mass is 32.2. The Hall–Kier alpha value is -3.65. The summed E-state index contributed by atoms with van der Waals surface area (Å²) in [6, 6.07) is 15.7. The molecule has 0 aliphatic carbocycles. The number of amides is 2. The van der Waals surface area contributed by atoms with E-state index in [1.807, 2.05) is 13.8 Å². The highest BCUT2D eigenvalue weighted by Gasteiger charge is 2.40. The first-order chi connectivity index (χ1) is 20.8. The zero-order chi connectivity index (χ0) is 31.8. The lowest BCUT2D eigenvalue weighted by atomic mass is 10.2. The van der Waals surface area contributed by atoms with Crippen molar-refractivity contribution in [2.75, 3.05) is 26.2 Å². The standard InChI is InChI=1S/C31H37N5O6S2/c1-22-8-12-28(13-9-22)43(39,40)35-20-26-6-5-7-27(32-26)21-36(44(41,42)29-14-10-23(2)11-15-29)25(4)31(38)34-18-16-33(17-19-34)30(37)24(35)3/h5-15,24-25H,16-21H2,1-4H3/t24-,25-/m0/s1. The predicted molar refractivity (Wildman–Crippen MR) is 164 cm³/mol. The lowest BCUT2D eigenvalue weighted by molar-refractivity contribution is -0.143. The number of piperazine rings is 1. The number of nitrogens with zero attached hydrogens (tertiary/aromatic N) is 5. The molecular weight excluding hydrogens is 603 g/mol. The van der Waals surface area contributed by atoms with Crippen LogP contribution in [-0.4, -0.2) is 90.3 Å². The zero-order valence-electron chi connectivity index (χ0n) is 25.3. The van der Waals surface area contributed by atoms with Gasteiger partial charge in [-0.1, -0.05) is 41.5 Å². The van der Waals surface area contributed by atoms with Gasteiger partial charge in [-0.15, -0.1) is 0 Å². The largest absolute Gasteiger partial charge is 0.338 e. The Bertz CT molecular complexity index is 1630. The number of aromatic nitrogens is 1. The second kappa shape index (κ2) is 12.4. The first kappa shape index (κ1) is 31.8. The summed E-state index contributed by atoms with van der Waals surface area (Å²) in [6.45, 7) is 7.18. The molecule has 2 amide bonds. The van der Waals surface area contributed by atoms with Crippen molar-refractivity contribution in [2.45, 2.75) is 62.7 Å². The molecule has 0 unspecified atom stereocenters. The van der Waals surface area contributed by atoms with Crippen LogP contribution in [0.4, 0.5) is 0 Å². The SMILES string of the molecule is Cc1ccc(S(=O)(=O)N2Cc3cccc(n3)CN(S(=O)(=O)c3ccc(C)cc3)[C@@H](C)C(=O)N3CCN(CC3)C(=O)[C@@H]2C)cc1. The molecule has 6 rings (SSSR count). The third-order valence-corrected chi connectivity index (χ3v) is 12.1. The van der Waals surface area contributed by atoms with Crippen LogP contribution in [0, 0.1) is 13.8 Å². The topological polar surface area (TPSA) is 128 Å². The number of carbonyl (C=O) groups is 2. The molecule has 11 nitrogen and oxygen atoms in total. The summed E-state index contributed by atoms with van der Waals surface area (Å²) in [4.78, 5) is 35.3. The maximum atomic E-state index is 14.0. The molecule has 1 saturated heterocycles. The fourth-order valence-electron chi connectivity index (χ4n) is 5.50. The maximum Gasteiger partial charge on any atom is 0.244 e. The van der Waals surface area contributed by atoms with Crippen molar-refractivity contribution in [1.82, 2.24) is 23.4 Å². The molecule has 2 aromatic carbocycles. The molecule has 234 valence electrons. The lowest BCUT2D eigenvalue weighted by Crippen LogP contribution is -2.58. The zero-order valence-corrected chi connectivity index (χ0v) is 26.9. The molecule has 0 spiro atoms. The summed E-state index contributed by atoms with van der Waals surface area (Å²) in [6.07, 6.45) is 0. The van der Waals surface area contributed by atoms with Gasteiger partial charge in [-0.05, 0) is 64.1 Å². The van der Waals surface area contributed by atoms with Gasteiger partial charge in [0.2, 0.25) is 31.9 Å². The van der Waals surface area contributed by atoms with E-state index in [1.165, 1.54) is 24.3 Å². The van der Waals surface area contributed by atoms with Crippen LogP contribution in [0.25, 0.3) is 0 Å². The molecule has 3 aliphatic rings. The highest BCUT2D eigenvalue weighted by Crippen LogP contribution is 2.26. The Labute approximate surface area is 259 Å². The van der Waals surface area contributed by atoms with Crippen LogP contribution < -0.4 is 0 Å². The molecule has 3 aromatic rings. The number of aryl methyl sites for hydroxylation is 2. The smallest absolute Gasteiger partial charge is 0.244 e. The minimum Gasteiger partial charge on any atom is -0.338 e. The van der Waals surface area contributed by atoms with E-state index in [0.717, 1.165) is 19.7 Å². The van der Waals surface area contributed by atoms with Crippen LogP contribution in [0.1, 0.15) is 36.4 Å². The quantitative estimate of drug-likeness (QED) is 0.429. The van der Waals surface area contributed by atoms with E-state index in [2.05, 4.69) is 4.98 Å². The molecule has 13 heteroatoms. The van der Waals surface area contributed by atoms with Crippen molar-refractivity contribution >= 4 is 31.9 Å². The van der Waals surface area contributed by atoms with Gasteiger partial charge in [0, 0.05) is 26.2 Å². The molecule has 4 bridgehead atoms. The Balaban J connectivity index is 1.60. The number of hydrogen-bond acceptors (Lipinski definition) is 7. The van der Waals surface area contributed by atoms with Crippen LogP contribution in [0.2, 0.25) is 0 Å². The summed E-state index contributed by atoms with van der Waals surface area (Å²) in [5, 5.41) is 0. The molecule has 3 aliphatic heterocycles. The molecule has 0 radical (unpaired) electrons. The number of hydrogen-bond donors (Lipinski definition) is 0. The molecule has 1 aromatic heterocycles. The van der Waals surface area contributed by atoms with Gasteiger partial charge < -0.3 is 9.80 Å². The van der Waals surface area contributed by atoms with Gasteiger partial charge in [0.1, 0.15) is 12.1 Å². The van der Waals surface area contributed by atoms with E-state index in [9.17, 15) is 26.4 Å². The average Bonchev–Trinajstić information content (AvgIpc) is 3.01. The van der Waals surface area contributed by atoms with Crippen molar-refractivity contribution in [3.05, 3.63) is 89.2 Å². The Morgan fingerprint density at radius 3 is 1.27 bits per heavy atom. The second-order valence-electron chi connectivity index (χ2n) is 11.3. The minimum absolute atomic E-state index is 0.0522. The normalized spacial score (nSPS) is 21.3. The first-order valence-corrected chi connectivity index (χ1v) is 17.4. The van der Waals surface area contributed by atoms with E-state index in [4.69, 9.17) is 0 Å². The van der Waals surface area contributed by atoms with Gasteiger partial charge in [0.05, 0.1) is 34.3 Å². The van der Waals surface area contributed by atoms with Crippen molar-refractivity contribution in [3.8, 4) is 0 Å². The average molecular weight is 640 g/mol. The summed E-state index contributed by atoms with van der Waals surface area (Å²) in [7, 11) is -8.28. The number of benzene rings is 2. The van der Waals surface area contributed by atoms with E-state index >= 15 is 0 Å². The van der Waals surface area contributed by atoms with Gasteiger partial charge >= 0.3 is 0 Å². The third kappa shape index (κ3) is 6.27. The molecule has 0 N–H and O–H groups in total. The fourth-order valence-corrected chi connectivity index (χ4v) is 8.62. The Kier molecular flexibility index (Phi) is 8.94. The number of pyridine rings is 1. The molecule has 0 saturated carbocycles. The first-order valence-electron chi connectivity index (χ1n) is 14.5. The summed E-state index contributed by atoms with van der Waals surface area (Å²) in [5.74, 6) is -0.758. The third-order valence-electron chi connectivity index (χ3n) is 8.24. The van der Waals surface area contributed by atoms with Crippen molar-refractivity contribution in [1.29, 1.82) is 0 Å². The number of carbonyl (C=O) groups excluding carboxylic acids is 2. The van der Waals surface area contributed by atoms with E-state index < -0.39 is 32.1 Å². The van der Waals surface area contributed by atoms with E-state index in [1.54, 1.807) is 66.1 Å². The molecule has 1 fully saturated rings. The van der Waals surface area contributed by atoms with Gasteiger partial charge in [-0.2, -0.15) is 8.61 Å². The van der Waals surface area contributed by atoms with Crippen LogP contribution in [0.5, 0.6) is 0 Å². The van der Waals surface area contributed by atoms with Crippen molar-refractivity contribution in [2.24, 2.45) is 0 Å². The predicted octanol–water partition coefficient (Wildman–Crippen LogP) is 2.54. The number of sulfonamides is 2. The van der Waals surface area contributed by atoms with Gasteiger partial charge in [0.25, 0.3) is 0 Å². The maximum absolute atomic E-state index is 14.0. The van der Waals surface area contributed by atoms with E-state index in [-0.39, 0.29) is 60.9 Å². The molecule has 4 heterocycles. The second-order valence-corrected chi connectivity index (χ2v) is 15.1. The van der Waals surface area contributed by atoms with Gasteiger partial charge in [-0.25, -0.2) is 16.8 Å². The molecule has 2 atom stereocenters. The summed E-state index contributed by atoms with van der Waals surface area (Å²) in [5.41, 5.74) is 2.46. The van der Waals surface area contributed by atoms with Gasteiger partial charge in [0.15, 0.2) is 0 Å². The lowest BCUT2D eigenvalue weighted by Gasteiger charge is -2.39. The van der Waals surface area contributed by atoms with Crippen LogP contribution in [0.3, 0.4) is 0 Å². The Morgan fingerprint density at radius 1 is 0.591 bits per heavy atom. The van der Waals surface area contributed by atoms with E-state index in [0.29, 0.717) is 11.4 Å². The molecular formula is C31H37N5O6S2. The minimum atomic E-state index is -4.14. The monoisotopic (exact) mass is 639 g/mol. The fraction of sp³-hybridized carbons (Fsp3) is 0.387.